The number of piperidine rings is 2. The van der Waals surface area contributed by atoms with Gasteiger partial charge in [-0.05, 0) is 50.2 Å². The van der Waals surface area contributed by atoms with Gasteiger partial charge in [0.05, 0.1) is 24.2 Å². The molecule has 2 N–H and O–H groups in total. The Labute approximate surface area is 176 Å². The van der Waals surface area contributed by atoms with Crippen molar-refractivity contribution in [3.63, 3.8) is 0 Å². The molecule has 4 bridgehead atoms. The van der Waals surface area contributed by atoms with E-state index in [1.165, 1.54) is 13.2 Å². The number of hydrogen-bond acceptors (Lipinski definition) is 5. The van der Waals surface area contributed by atoms with Crippen LogP contribution in [0.3, 0.4) is 0 Å². The van der Waals surface area contributed by atoms with E-state index in [1.54, 1.807) is 20.0 Å². The number of rotatable bonds is 6. The summed E-state index contributed by atoms with van der Waals surface area (Å²) in [6.45, 7) is 1.80. The summed E-state index contributed by atoms with van der Waals surface area (Å²) in [7, 11) is 3.07. The lowest BCUT2D eigenvalue weighted by molar-refractivity contribution is -0.153. The van der Waals surface area contributed by atoms with E-state index >= 15 is 0 Å². The lowest BCUT2D eigenvalue weighted by Gasteiger charge is -2.59. The average molecular weight is 413 g/mol. The van der Waals surface area contributed by atoms with Crippen molar-refractivity contribution >= 4 is 17.3 Å². The van der Waals surface area contributed by atoms with E-state index in [9.17, 15) is 14.4 Å². The van der Waals surface area contributed by atoms with Crippen molar-refractivity contribution in [2.75, 3.05) is 19.5 Å². The minimum absolute atomic E-state index is 0.0171. The van der Waals surface area contributed by atoms with Crippen molar-refractivity contribution in [2.24, 2.45) is 17.3 Å². The smallest absolute Gasteiger partial charge is 0.223 e. The number of nitrogens with one attached hydrogen (secondary N) is 2. The molecule has 5 rings (SSSR count). The van der Waals surface area contributed by atoms with Crippen LogP contribution >= 0.6 is 0 Å². The highest BCUT2D eigenvalue weighted by Crippen LogP contribution is 2.56. The van der Waals surface area contributed by atoms with E-state index < -0.39 is 11.7 Å². The summed E-state index contributed by atoms with van der Waals surface area (Å²) in [5.74, 6) is -0.374. The number of anilines is 1. The van der Waals surface area contributed by atoms with Gasteiger partial charge in [0.2, 0.25) is 5.91 Å². The highest BCUT2D eigenvalue weighted by Gasteiger charge is 2.56. The Hall–Kier alpha value is -2.62. The van der Waals surface area contributed by atoms with E-state index in [1.807, 2.05) is 4.90 Å². The Morgan fingerprint density at radius 3 is 2.63 bits per heavy atom. The summed E-state index contributed by atoms with van der Waals surface area (Å²) in [6, 6.07) is 6.02. The molecule has 2 heterocycles. The molecule has 0 aromatic heterocycles. The highest BCUT2D eigenvalue weighted by atomic mass is 19.1. The molecule has 2 aliphatic heterocycles. The molecule has 30 heavy (non-hydrogen) atoms. The van der Waals surface area contributed by atoms with Crippen molar-refractivity contribution in [3.8, 4) is 11.8 Å². The van der Waals surface area contributed by atoms with Crippen LogP contribution in [0.5, 0.6) is 5.75 Å². The Morgan fingerprint density at radius 1 is 1.40 bits per heavy atom. The van der Waals surface area contributed by atoms with Crippen LogP contribution in [0.25, 0.3) is 0 Å². The number of hydrogen-bond donors (Lipinski definition) is 2. The Kier molecular flexibility index (Phi) is 5.21. The Balaban J connectivity index is 1.51. The van der Waals surface area contributed by atoms with Crippen LogP contribution < -0.4 is 10.1 Å². The first-order valence-corrected chi connectivity index (χ1v) is 10.7. The van der Waals surface area contributed by atoms with Crippen molar-refractivity contribution in [2.45, 2.75) is 57.5 Å². The third-order valence-electron chi connectivity index (χ3n) is 7.29. The van der Waals surface area contributed by atoms with Crippen LogP contribution in [-0.2, 0) is 4.79 Å². The predicted octanol–water partition coefficient (Wildman–Crippen LogP) is 3.95. The van der Waals surface area contributed by atoms with Crippen LogP contribution in [0.2, 0.25) is 0 Å². The number of methoxy groups -OCH3 is 1. The van der Waals surface area contributed by atoms with Gasteiger partial charge in [0.1, 0.15) is 0 Å². The fourth-order valence-corrected chi connectivity index (χ4v) is 6.07. The molecule has 1 aromatic carbocycles. The van der Waals surface area contributed by atoms with Crippen molar-refractivity contribution in [1.82, 2.24) is 4.90 Å². The lowest BCUT2D eigenvalue weighted by Crippen LogP contribution is -2.63. The molecule has 1 amide bonds. The van der Waals surface area contributed by atoms with E-state index in [2.05, 4.69) is 11.4 Å². The van der Waals surface area contributed by atoms with E-state index in [0.717, 1.165) is 32.1 Å². The number of amides is 1. The standard InChI is InChI=1S/C23H29FN4O2/c1-13(22(26)20-17(27-2)4-5-18(30-3)21(20)24)6-19(29)28-15-7-14-8-16(28)11-23(9-14,10-15)12-25/h4-5,13-16,26-27H,6-11H2,1-3H3. The van der Waals surface area contributed by atoms with E-state index in [-0.39, 0.29) is 46.9 Å². The first kappa shape index (κ1) is 20.6. The maximum Gasteiger partial charge on any atom is 0.223 e. The zero-order valence-corrected chi connectivity index (χ0v) is 17.8. The molecular weight excluding hydrogens is 383 g/mol. The van der Waals surface area contributed by atoms with Gasteiger partial charge in [-0.15, -0.1) is 0 Å². The summed E-state index contributed by atoms with van der Waals surface area (Å²) >= 11 is 0. The van der Waals surface area contributed by atoms with Crippen molar-refractivity contribution < 1.29 is 13.9 Å². The monoisotopic (exact) mass is 412 g/mol. The number of carbonyl (C=O) groups is 1. The molecule has 3 unspecified atom stereocenters. The molecule has 160 valence electrons. The van der Waals surface area contributed by atoms with Gasteiger partial charge in [0.15, 0.2) is 11.6 Å². The lowest BCUT2D eigenvalue weighted by atomic mass is 9.56. The number of carbonyl (C=O) groups excluding carboxylic acids is 1. The summed E-state index contributed by atoms with van der Waals surface area (Å²) < 4.78 is 20.0. The SMILES string of the molecule is CNc1ccc(OC)c(F)c1C(=N)C(C)CC(=O)N1C2CC3CC1CC(C#N)(C3)C2. The molecule has 2 saturated heterocycles. The fourth-order valence-electron chi connectivity index (χ4n) is 6.07. The number of nitriles is 1. The summed E-state index contributed by atoms with van der Waals surface area (Å²) in [5.41, 5.74) is 0.489. The normalized spacial score (nSPS) is 30.0. The van der Waals surface area contributed by atoms with Gasteiger partial charge in [-0.1, -0.05) is 6.92 Å². The maximum absolute atomic E-state index is 14.9. The highest BCUT2D eigenvalue weighted by molar-refractivity contribution is 6.06. The summed E-state index contributed by atoms with van der Waals surface area (Å²) in [6.07, 6.45) is 4.63. The van der Waals surface area contributed by atoms with Gasteiger partial charge in [-0.2, -0.15) is 5.26 Å². The third-order valence-corrected chi connectivity index (χ3v) is 7.29. The third kappa shape index (κ3) is 3.23. The summed E-state index contributed by atoms with van der Waals surface area (Å²) in [5, 5.41) is 21.2. The van der Waals surface area contributed by atoms with Gasteiger partial charge in [0.25, 0.3) is 0 Å². The molecule has 2 aliphatic carbocycles. The second kappa shape index (κ2) is 7.57. The molecule has 7 heteroatoms. The van der Waals surface area contributed by atoms with Crippen LogP contribution in [0.1, 0.15) is 51.0 Å². The van der Waals surface area contributed by atoms with Gasteiger partial charge >= 0.3 is 0 Å². The maximum atomic E-state index is 14.9. The van der Waals surface area contributed by atoms with E-state index in [0.29, 0.717) is 11.6 Å². The largest absolute Gasteiger partial charge is 0.494 e. The van der Waals surface area contributed by atoms with Crippen LogP contribution in [-0.4, -0.2) is 42.8 Å². The number of benzene rings is 1. The fraction of sp³-hybridized carbons (Fsp3) is 0.609. The van der Waals surface area contributed by atoms with E-state index in [4.69, 9.17) is 10.1 Å². The van der Waals surface area contributed by atoms with Gasteiger partial charge in [0, 0.05) is 42.9 Å². The van der Waals surface area contributed by atoms with Crippen molar-refractivity contribution in [3.05, 3.63) is 23.5 Å². The Bertz CT molecular complexity index is 909. The van der Waals surface area contributed by atoms with Crippen LogP contribution in [0, 0.1) is 39.8 Å². The van der Waals surface area contributed by atoms with Gasteiger partial charge < -0.3 is 20.4 Å². The molecule has 0 radical (unpaired) electrons. The predicted molar refractivity (Wildman–Crippen MR) is 112 cm³/mol. The van der Waals surface area contributed by atoms with Crippen molar-refractivity contribution in [1.29, 1.82) is 10.7 Å². The molecular formula is C23H29FN4O2. The first-order valence-electron chi connectivity index (χ1n) is 10.7. The first-order chi connectivity index (χ1) is 14.3. The number of ether oxygens (including phenoxy) is 1. The van der Waals surface area contributed by atoms with Crippen LogP contribution in [0.4, 0.5) is 10.1 Å². The zero-order valence-electron chi connectivity index (χ0n) is 17.8. The zero-order chi connectivity index (χ0) is 21.6. The molecule has 1 aromatic rings. The Morgan fingerprint density at radius 2 is 2.07 bits per heavy atom. The summed E-state index contributed by atoms with van der Waals surface area (Å²) in [4.78, 5) is 15.2. The molecule has 4 fully saturated rings. The van der Waals surface area contributed by atoms with Gasteiger partial charge in [-0.25, -0.2) is 4.39 Å². The molecule has 4 aliphatic rings. The molecule has 3 atom stereocenters. The number of nitrogens with zero attached hydrogens (tertiary/aromatic N) is 2. The van der Waals surface area contributed by atoms with Crippen LogP contribution in [0.15, 0.2) is 12.1 Å². The quantitative estimate of drug-likeness (QED) is 0.693. The van der Waals surface area contributed by atoms with Gasteiger partial charge in [-0.3, -0.25) is 4.79 Å². The topological polar surface area (TPSA) is 89.2 Å². The minimum Gasteiger partial charge on any atom is -0.494 e. The molecule has 2 saturated carbocycles. The molecule has 6 nitrogen and oxygen atoms in total. The second-order valence-electron chi connectivity index (χ2n) is 9.22. The average Bonchev–Trinajstić information content (AvgIpc) is 2.72. The molecule has 0 spiro atoms. The second-order valence-corrected chi connectivity index (χ2v) is 9.22. The minimum atomic E-state index is -0.584. The number of halogens is 1.